The summed E-state index contributed by atoms with van der Waals surface area (Å²) in [5.74, 6) is 0. The third kappa shape index (κ3) is 5.38. The Hall–Kier alpha value is -1.27. The molecule has 2 aliphatic heterocycles. The van der Waals surface area contributed by atoms with E-state index in [0.717, 1.165) is 37.2 Å². The SMILES string of the molecule is C[C@H]1CN(C(=O)OC(C)(C)C)CCN1Cc1ccc(Br)cc1N1CCCC1. The van der Waals surface area contributed by atoms with Gasteiger partial charge in [-0.05, 0) is 58.2 Å². The van der Waals surface area contributed by atoms with Crippen molar-refractivity contribution < 1.29 is 9.53 Å². The lowest BCUT2D eigenvalue weighted by Crippen LogP contribution is -2.54. The Balaban J connectivity index is 1.65. The zero-order chi connectivity index (χ0) is 19.6. The van der Waals surface area contributed by atoms with Crippen molar-refractivity contribution >= 4 is 27.7 Å². The van der Waals surface area contributed by atoms with Crippen LogP contribution >= 0.6 is 15.9 Å². The molecule has 5 nitrogen and oxygen atoms in total. The predicted octanol–water partition coefficient (Wildman–Crippen LogP) is 4.49. The Morgan fingerprint density at radius 2 is 1.89 bits per heavy atom. The molecule has 2 fully saturated rings. The summed E-state index contributed by atoms with van der Waals surface area (Å²) in [5.41, 5.74) is 2.28. The number of carbonyl (C=O) groups excluding carboxylic acids is 1. The maximum atomic E-state index is 12.4. The van der Waals surface area contributed by atoms with Crippen LogP contribution in [0.5, 0.6) is 0 Å². The molecule has 1 aromatic carbocycles. The molecule has 0 spiro atoms. The van der Waals surface area contributed by atoms with Gasteiger partial charge in [-0.1, -0.05) is 22.0 Å². The number of carbonyl (C=O) groups is 1. The molecule has 27 heavy (non-hydrogen) atoms. The highest BCUT2D eigenvalue weighted by Crippen LogP contribution is 2.30. The summed E-state index contributed by atoms with van der Waals surface area (Å²) in [6, 6.07) is 6.94. The van der Waals surface area contributed by atoms with Crippen LogP contribution in [-0.4, -0.2) is 60.3 Å². The topological polar surface area (TPSA) is 36.0 Å². The molecule has 1 atom stereocenters. The molecule has 2 saturated heterocycles. The molecule has 0 aromatic heterocycles. The van der Waals surface area contributed by atoms with Crippen molar-refractivity contribution in [2.45, 2.75) is 58.7 Å². The van der Waals surface area contributed by atoms with Crippen LogP contribution in [0.2, 0.25) is 0 Å². The first-order valence-electron chi connectivity index (χ1n) is 9.98. The highest BCUT2D eigenvalue weighted by atomic mass is 79.9. The molecule has 6 heteroatoms. The van der Waals surface area contributed by atoms with Gasteiger partial charge in [0.2, 0.25) is 0 Å². The van der Waals surface area contributed by atoms with Crippen molar-refractivity contribution in [2.24, 2.45) is 0 Å². The highest BCUT2D eigenvalue weighted by molar-refractivity contribution is 9.10. The van der Waals surface area contributed by atoms with E-state index in [1.165, 1.54) is 24.1 Å². The molecule has 2 aliphatic rings. The summed E-state index contributed by atoms with van der Waals surface area (Å²) >= 11 is 3.63. The second kappa shape index (κ2) is 8.39. The maximum Gasteiger partial charge on any atom is 0.410 e. The van der Waals surface area contributed by atoms with Gasteiger partial charge in [0.1, 0.15) is 5.60 Å². The van der Waals surface area contributed by atoms with Crippen LogP contribution in [0, 0.1) is 0 Å². The minimum absolute atomic E-state index is 0.199. The average Bonchev–Trinajstić information content (AvgIpc) is 3.11. The minimum atomic E-state index is -0.445. The van der Waals surface area contributed by atoms with Crippen LogP contribution in [-0.2, 0) is 11.3 Å². The normalized spacial score (nSPS) is 21.6. The van der Waals surface area contributed by atoms with E-state index >= 15 is 0 Å². The molecular weight excluding hydrogens is 406 g/mol. The van der Waals surface area contributed by atoms with Crippen molar-refractivity contribution in [3.8, 4) is 0 Å². The fraction of sp³-hybridized carbons (Fsp3) is 0.667. The first-order valence-corrected chi connectivity index (χ1v) is 10.8. The zero-order valence-electron chi connectivity index (χ0n) is 17.0. The van der Waals surface area contributed by atoms with E-state index in [9.17, 15) is 4.79 Å². The van der Waals surface area contributed by atoms with Crippen molar-refractivity contribution in [2.75, 3.05) is 37.6 Å². The van der Waals surface area contributed by atoms with Gasteiger partial charge in [0.15, 0.2) is 0 Å². The molecule has 0 bridgehead atoms. The quantitative estimate of drug-likeness (QED) is 0.697. The zero-order valence-corrected chi connectivity index (χ0v) is 18.6. The van der Waals surface area contributed by atoms with Gasteiger partial charge in [-0.3, -0.25) is 4.90 Å². The van der Waals surface area contributed by atoms with E-state index in [2.05, 4.69) is 50.9 Å². The summed E-state index contributed by atoms with van der Waals surface area (Å²) in [5, 5.41) is 0. The van der Waals surface area contributed by atoms with E-state index < -0.39 is 5.60 Å². The van der Waals surface area contributed by atoms with Gasteiger partial charge in [0.05, 0.1) is 0 Å². The summed E-state index contributed by atoms with van der Waals surface area (Å²) in [7, 11) is 0. The van der Waals surface area contributed by atoms with E-state index in [1.807, 2.05) is 25.7 Å². The molecule has 150 valence electrons. The first kappa shape index (κ1) is 20.5. The number of ether oxygens (including phenoxy) is 1. The molecule has 0 saturated carbocycles. The van der Waals surface area contributed by atoms with E-state index in [1.54, 1.807) is 0 Å². The predicted molar refractivity (Wildman–Crippen MR) is 113 cm³/mol. The number of anilines is 1. The van der Waals surface area contributed by atoms with Crippen LogP contribution < -0.4 is 4.90 Å². The van der Waals surface area contributed by atoms with Gasteiger partial charge in [0, 0.05) is 55.5 Å². The van der Waals surface area contributed by atoms with Gasteiger partial charge in [-0.2, -0.15) is 0 Å². The van der Waals surface area contributed by atoms with E-state index in [0.29, 0.717) is 12.6 Å². The van der Waals surface area contributed by atoms with Crippen LogP contribution in [0.4, 0.5) is 10.5 Å². The Morgan fingerprint density at radius 1 is 1.19 bits per heavy atom. The molecule has 0 N–H and O–H groups in total. The second-order valence-electron chi connectivity index (χ2n) is 8.71. The second-order valence-corrected chi connectivity index (χ2v) is 9.63. The number of amides is 1. The average molecular weight is 438 g/mol. The van der Waals surface area contributed by atoms with Gasteiger partial charge in [0.25, 0.3) is 0 Å². The number of rotatable bonds is 3. The minimum Gasteiger partial charge on any atom is -0.444 e. The lowest BCUT2D eigenvalue weighted by atomic mass is 10.1. The Morgan fingerprint density at radius 3 is 2.52 bits per heavy atom. The molecular formula is C21H32BrN3O2. The van der Waals surface area contributed by atoms with Crippen LogP contribution in [0.15, 0.2) is 22.7 Å². The Labute approximate surface area is 171 Å². The van der Waals surface area contributed by atoms with Crippen molar-refractivity contribution in [3.63, 3.8) is 0 Å². The Bertz CT molecular complexity index is 668. The van der Waals surface area contributed by atoms with Crippen molar-refractivity contribution in [1.82, 2.24) is 9.80 Å². The summed E-state index contributed by atoms with van der Waals surface area (Å²) in [4.78, 5) is 19.2. The van der Waals surface area contributed by atoms with Crippen molar-refractivity contribution in [3.05, 3.63) is 28.2 Å². The molecule has 1 amide bonds. The third-order valence-electron chi connectivity index (χ3n) is 5.28. The third-order valence-corrected chi connectivity index (χ3v) is 5.78. The smallest absolute Gasteiger partial charge is 0.410 e. The molecule has 0 radical (unpaired) electrons. The number of nitrogens with zero attached hydrogens (tertiary/aromatic N) is 3. The molecule has 3 rings (SSSR count). The van der Waals surface area contributed by atoms with E-state index in [4.69, 9.17) is 4.74 Å². The van der Waals surface area contributed by atoms with Gasteiger partial charge >= 0.3 is 6.09 Å². The first-order chi connectivity index (χ1) is 12.7. The summed E-state index contributed by atoms with van der Waals surface area (Å²) in [6.07, 6.45) is 2.35. The lowest BCUT2D eigenvalue weighted by molar-refractivity contribution is 0.00463. The monoisotopic (exact) mass is 437 g/mol. The number of piperazine rings is 1. The fourth-order valence-electron chi connectivity index (χ4n) is 3.86. The van der Waals surface area contributed by atoms with Gasteiger partial charge in [-0.15, -0.1) is 0 Å². The number of benzene rings is 1. The molecule has 0 unspecified atom stereocenters. The molecule has 2 heterocycles. The maximum absolute atomic E-state index is 12.4. The molecule has 1 aromatic rings. The van der Waals surface area contributed by atoms with Gasteiger partial charge in [-0.25, -0.2) is 4.79 Å². The van der Waals surface area contributed by atoms with E-state index in [-0.39, 0.29) is 6.09 Å². The Kier molecular flexibility index (Phi) is 6.36. The van der Waals surface area contributed by atoms with Crippen LogP contribution in [0.3, 0.4) is 0 Å². The number of hydrogen-bond acceptors (Lipinski definition) is 4. The van der Waals surface area contributed by atoms with Crippen LogP contribution in [0.25, 0.3) is 0 Å². The molecule has 0 aliphatic carbocycles. The summed E-state index contributed by atoms with van der Waals surface area (Å²) in [6.45, 7) is 13.5. The fourth-order valence-corrected chi connectivity index (χ4v) is 4.21. The van der Waals surface area contributed by atoms with Crippen LogP contribution in [0.1, 0.15) is 46.1 Å². The van der Waals surface area contributed by atoms with Gasteiger partial charge < -0.3 is 14.5 Å². The lowest BCUT2D eigenvalue weighted by Gasteiger charge is -2.40. The number of hydrogen-bond donors (Lipinski definition) is 0. The van der Waals surface area contributed by atoms with Crippen molar-refractivity contribution in [1.29, 1.82) is 0 Å². The summed E-state index contributed by atoms with van der Waals surface area (Å²) < 4.78 is 6.67. The standard InChI is InChI=1S/C21H32BrN3O2/c1-16-14-25(20(26)27-21(2,3)4)12-11-24(16)15-17-7-8-18(22)13-19(17)23-9-5-6-10-23/h7-8,13,16H,5-6,9-12,14-15H2,1-4H3/t16-/m0/s1. The highest BCUT2D eigenvalue weighted by Gasteiger charge is 2.30. The largest absolute Gasteiger partial charge is 0.444 e. The number of halogens is 1.